The molecular weight excluding hydrogens is 280 g/mol. The largest absolute Gasteiger partial charge is 0.494 e. The molecule has 1 unspecified atom stereocenters. The van der Waals surface area contributed by atoms with Gasteiger partial charge in [0, 0.05) is 25.6 Å². The molecule has 1 saturated heterocycles. The van der Waals surface area contributed by atoms with E-state index in [2.05, 4.69) is 22.8 Å². The molecule has 1 heterocycles. The second-order valence-electron chi connectivity index (χ2n) is 5.46. The van der Waals surface area contributed by atoms with Crippen molar-refractivity contribution in [2.45, 2.75) is 32.2 Å². The zero-order valence-electron chi connectivity index (χ0n) is 13.3. The number of amides is 1. The Labute approximate surface area is 132 Å². The van der Waals surface area contributed by atoms with Crippen LogP contribution in [0.5, 0.6) is 5.75 Å². The topological polar surface area (TPSA) is 59.6 Å². The maximum Gasteiger partial charge on any atom is 0.221 e. The molecule has 0 spiro atoms. The number of morpholine rings is 1. The van der Waals surface area contributed by atoms with Crippen molar-refractivity contribution in [2.75, 3.05) is 32.9 Å². The molecule has 1 aromatic rings. The Morgan fingerprint density at radius 3 is 2.91 bits per heavy atom. The summed E-state index contributed by atoms with van der Waals surface area (Å²) in [7, 11) is 0. The lowest BCUT2D eigenvalue weighted by molar-refractivity contribution is -0.122. The molecule has 1 aliphatic rings. The molecule has 2 N–H and O–H groups in total. The summed E-state index contributed by atoms with van der Waals surface area (Å²) < 4.78 is 10.8. The maximum absolute atomic E-state index is 11.8. The standard InChI is InChI=1S/C17H26N2O3/c1-2-22-16-7-5-14(6-8-16)4-3-9-19-17(20)12-15-13-21-11-10-18-15/h5-8,15,18H,2-4,9-13H2,1H3,(H,19,20). The molecule has 5 heteroatoms. The third-order valence-electron chi connectivity index (χ3n) is 3.63. The van der Waals surface area contributed by atoms with Gasteiger partial charge >= 0.3 is 0 Å². The summed E-state index contributed by atoms with van der Waals surface area (Å²) in [5.41, 5.74) is 1.26. The summed E-state index contributed by atoms with van der Waals surface area (Å²) in [6.07, 6.45) is 2.38. The fourth-order valence-electron chi connectivity index (χ4n) is 2.49. The molecule has 0 bridgehead atoms. The van der Waals surface area contributed by atoms with Crippen LogP contribution < -0.4 is 15.4 Å². The van der Waals surface area contributed by atoms with Crippen LogP contribution in [0.3, 0.4) is 0 Å². The van der Waals surface area contributed by atoms with Crippen molar-refractivity contribution in [1.29, 1.82) is 0 Å². The first-order valence-corrected chi connectivity index (χ1v) is 8.07. The van der Waals surface area contributed by atoms with Crippen LogP contribution in [0.2, 0.25) is 0 Å². The van der Waals surface area contributed by atoms with Gasteiger partial charge in [-0.25, -0.2) is 0 Å². The Bertz CT molecular complexity index is 442. The van der Waals surface area contributed by atoms with Gasteiger partial charge in [-0.2, -0.15) is 0 Å². The molecule has 1 amide bonds. The monoisotopic (exact) mass is 306 g/mol. The van der Waals surface area contributed by atoms with Crippen LogP contribution in [0.1, 0.15) is 25.3 Å². The van der Waals surface area contributed by atoms with E-state index in [0.29, 0.717) is 26.2 Å². The van der Waals surface area contributed by atoms with E-state index < -0.39 is 0 Å². The van der Waals surface area contributed by atoms with Crippen LogP contribution in [0.4, 0.5) is 0 Å². The van der Waals surface area contributed by atoms with Gasteiger partial charge in [0.1, 0.15) is 5.75 Å². The summed E-state index contributed by atoms with van der Waals surface area (Å²) >= 11 is 0. The van der Waals surface area contributed by atoms with Crippen molar-refractivity contribution in [1.82, 2.24) is 10.6 Å². The molecule has 0 saturated carbocycles. The minimum atomic E-state index is 0.0923. The Hall–Kier alpha value is -1.59. The summed E-state index contributed by atoms with van der Waals surface area (Å²) in [5.74, 6) is 0.997. The highest BCUT2D eigenvalue weighted by Gasteiger charge is 2.16. The first-order chi connectivity index (χ1) is 10.8. The molecule has 1 fully saturated rings. The van der Waals surface area contributed by atoms with Crippen LogP contribution in [-0.2, 0) is 16.0 Å². The van der Waals surface area contributed by atoms with Crippen molar-refractivity contribution in [3.8, 4) is 5.75 Å². The SMILES string of the molecule is CCOc1ccc(CCCNC(=O)CC2COCCN2)cc1. The van der Waals surface area contributed by atoms with Gasteiger partial charge in [0.05, 0.1) is 19.8 Å². The smallest absolute Gasteiger partial charge is 0.221 e. The third kappa shape index (κ3) is 6.03. The Balaban J connectivity index is 1.58. The van der Waals surface area contributed by atoms with Gasteiger partial charge in [-0.1, -0.05) is 12.1 Å². The number of aryl methyl sites for hydroxylation is 1. The van der Waals surface area contributed by atoms with Crippen LogP contribution >= 0.6 is 0 Å². The van der Waals surface area contributed by atoms with Gasteiger partial charge in [0.25, 0.3) is 0 Å². The van der Waals surface area contributed by atoms with E-state index in [-0.39, 0.29) is 11.9 Å². The molecule has 2 rings (SSSR count). The van der Waals surface area contributed by atoms with E-state index >= 15 is 0 Å². The molecule has 0 radical (unpaired) electrons. The van der Waals surface area contributed by atoms with Crippen molar-refractivity contribution >= 4 is 5.91 Å². The molecular formula is C17H26N2O3. The summed E-state index contributed by atoms with van der Waals surface area (Å²) in [4.78, 5) is 11.8. The molecule has 22 heavy (non-hydrogen) atoms. The zero-order chi connectivity index (χ0) is 15.6. The second-order valence-corrected chi connectivity index (χ2v) is 5.46. The molecule has 5 nitrogen and oxygen atoms in total. The Morgan fingerprint density at radius 2 is 2.23 bits per heavy atom. The van der Waals surface area contributed by atoms with Crippen LogP contribution in [-0.4, -0.2) is 44.9 Å². The van der Waals surface area contributed by atoms with Crippen LogP contribution in [0, 0.1) is 0 Å². The van der Waals surface area contributed by atoms with Crippen LogP contribution in [0.15, 0.2) is 24.3 Å². The second kappa shape index (κ2) is 9.43. The summed E-state index contributed by atoms with van der Waals surface area (Å²) in [6.45, 7) is 5.56. The van der Waals surface area contributed by atoms with E-state index in [4.69, 9.17) is 9.47 Å². The highest BCUT2D eigenvalue weighted by atomic mass is 16.5. The lowest BCUT2D eigenvalue weighted by Crippen LogP contribution is -2.44. The predicted molar refractivity (Wildman–Crippen MR) is 86.2 cm³/mol. The Kier molecular flexibility index (Phi) is 7.19. The van der Waals surface area contributed by atoms with E-state index in [0.717, 1.165) is 31.7 Å². The number of nitrogens with one attached hydrogen (secondary N) is 2. The molecule has 1 atom stereocenters. The molecule has 0 aliphatic carbocycles. The molecule has 1 aliphatic heterocycles. The van der Waals surface area contributed by atoms with Gasteiger partial charge < -0.3 is 20.1 Å². The van der Waals surface area contributed by atoms with Crippen LogP contribution in [0.25, 0.3) is 0 Å². The van der Waals surface area contributed by atoms with Gasteiger partial charge in [-0.3, -0.25) is 4.79 Å². The zero-order valence-corrected chi connectivity index (χ0v) is 13.3. The van der Waals surface area contributed by atoms with Gasteiger partial charge in [0.15, 0.2) is 0 Å². The fraction of sp³-hybridized carbons (Fsp3) is 0.588. The van der Waals surface area contributed by atoms with E-state index in [1.165, 1.54) is 5.56 Å². The van der Waals surface area contributed by atoms with Crippen molar-refractivity contribution in [3.05, 3.63) is 29.8 Å². The number of carbonyl (C=O) groups excluding carboxylic acids is 1. The van der Waals surface area contributed by atoms with Crippen molar-refractivity contribution in [3.63, 3.8) is 0 Å². The quantitative estimate of drug-likeness (QED) is 0.715. The lowest BCUT2D eigenvalue weighted by atomic mass is 10.1. The Morgan fingerprint density at radius 1 is 1.41 bits per heavy atom. The van der Waals surface area contributed by atoms with E-state index in [1.807, 2.05) is 19.1 Å². The van der Waals surface area contributed by atoms with Crippen molar-refractivity contribution < 1.29 is 14.3 Å². The minimum Gasteiger partial charge on any atom is -0.494 e. The van der Waals surface area contributed by atoms with Gasteiger partial charge in [0.2, 0.25) is 5.91 Å². The first kappa shape index (κ1) is 16.8. The average molecular weight is 306 g/mol. The fourth-order valence-corrected chi connectivity index (χ4v) is 2.49. The number of hydrogen-bond acceptors (Lipinski definition) is 4. The summed E-state index contributed by atoms with van der Waals surface area (Å²) in [5, 5.41) is 6.26. The predicted octanol–water partition coefficient (Wildman–Crippen LogP) is 1.51. The van der Waals surface area contributed by atoms with E-state index in [9.17, 15) is 4.79 Å². The third-order valence-corrected chi connectivity index (χ3v) is 3.63. The number of carbonyl (C=O) groups is 1. The van der Waals surface area contributed by atoms with Gasteiger partial charge in [-0.15, -0.1) is 0 Å². The first-order valence-electron chi connectivity index (χ1n) is 8.07. The number of ether oxygens (including phenoxy) is 2. The maximum atomic E-state index is 11.8. The highest BCUT2D eigenvalue weighted by Crippen LogP contribution is 2.13. The molecule has 0 aromatic heterocycles. The lowest BCUT2D eigenvalue weighted by Gasteiger charge is -2.23. The van der Waals surface area contributed by atoms with Crippen molar-refractivity contribution in [2.24, 2.45) is 0 Å². The summed E-state index contributed by atoms with van der Waals surface area (Å²) in [6, 6.07) is 8.30. The number of rotatable bonds is 8. The number of hydrogen-bond donors (Lipinski definition) is 2. The van der Waals surface area contributed by atoms with Gasteiger partial charge in [-0.05, 0) is 37.5 Å². The van der Waals surface area contributed by atoms with E-state index in [1.54, 1.807) is 0 Å². The number of benzene rings is 1. The normalized spacial score (nSPS) is 18.0. The highest BCUT2D eigenvalue weighted by molar-refractivity contribution is 5.76. The molecule has 122 valence electrons. The average Bonchev–Trinajstić information content (AvgIpc) is 2.54. The molecule has 1 aromatic carbocycles. The minimum absolute atomic E-state index is 0.0923.